The van der Waals surface area contributed by atoms with Crippen molar-refractivity contribution in [2.75, 3.05) is 12.4 Å². The molecule has 2 aromatic rings. The number of carbonyl (C=O) groups is 2. The maximum atomic E-state index is 11.8. The van der Waals surface area contributed by atoms with Crippen LogP contribution in [0, 0.1) is 0 Å². The minimum atomic E-state index is -1.05. The molecular weight excluding hydrogens is 296 g/mol. The van der Waals surface area contributed by atoms with Gasteiger partial charge in [0.05, 0.1) is 12.7 Å². The molecule has 0 aliphatic heterocycles. The molecule has 0 atom stereocenters. The predicted octanol–water partition coefficient (Wildman–Crippen LogP) is 3.19. The Labute approximate surface area is 133 Å². The van der Waals surface area contributed by atoms with Crippen molar-refractivity contribution in [3.05, 3.63) is 65.9 Å². The zero-order chi connectivity index (χ0) is 16.7. The van der Waals surface area contributed by atoms with Gasteiger partial charge in [0.25, 0.3) is 0 Å². The van der Waals surface area contributed by atoms with E-state index in [2.05, 4.69) is 10.6 Å². The second-order valence-corrected chi connectivity index (χ2v) is 4.56. The highest BCUT2D eigenvalue weighted by atomic mass is 16.5. The van der Waals surface area contributed by atoms with Crippen LogP contribution in [0.25, 0.3) is 6.08 Å². The molecule has 2 rings (SSSR count). The molecule has 3 N–H and O–H groups in total. The lowest BCUT2D eigenvalue weighted by atomic mass is 10.2. The van der Waals surface area contributed by atoms with E-state index >= 15 is 0 Å². The van der Waals surface area contributed by atoms with Gasteiger partial charge in [0, 0.05) is 17.5 Å². The van der Waals surface area contributed by atoms with E-state index in [1.807, 2.05) is 24.3 Å². The molecule has 0 aliphatic rings. The summed E-state index contributed by atoms with van der Waals surface area (Å²) in [6.45, 7) is 0. The predicted molar refractivity (Wildman–Crippen MR) is 87.6 cm³/mol. The Morgan fingerprint density at radius 3 is 2.65 bits per heavy atom. The number of amides is 2. The smallest absolute Gasteiger partial charge is 0.335 e. The number of methoxy groups -OCH3 is 1. The van der Waals surface area contributed by atoms with Gasteiger partial charge < -0.3 is 20.5 Å². The minimum absolute atomic E-state index is 0.104. The van der Waals surface area contributed by atoms with Gasteiger partial charge in [-0.3, -0.25) is 0 Å². The number of carbonyl (C=O) groups excluding carboxylic acids is 1. The summed E-state index contributed by atoms with van der Waals surface area (Å²) < 4.78 is 5.20. The van der Waals surface area contributed by atoms with Crippen molar-refractivity contribution in [3.8, 4) is 5.75 Å². The summed E-state index contributed by atoms with van der Waals surface area (Å²) in [5.74, 6) is -0.356. The van der Waals surface area contributed by atoms with E-state index < -0.39 is 12.0 Å². The summed E-state index contributed by atoms with van der Waals surface area (Å²) in [4.78, 5) is 22.7. The second kappa shape index (κ2) is 7.65. The number of para-hydroxylation sites is 1. The first-order valence-corrected chi connectivity index (χ1v) is 6.80. The zero-order valence-corrected chi connectivity index (χ0v) is 12.4. The zero-order valence-electron chi connectivity index (χ0n) is 12.4. The maximum Gasteiger partial charge on any atom is 0.335 e. The van der Waals surface area contributed by atoms with Crippen molar-refractivity contribution >= 4 is 23.8 Å². The third-order valence-electron chi connectivity index (χ3n) is 2.98. The van der Waals surface area contributed by atoms with Crippen LogP contribution in [0.15, 0.2) is 54.7 Å². The number of rotatable bonds is 5. The number of hydrogen-bond acceptors (Lipinski definition) is 3. The van der Waals surface area contributed by atoms with Gasteiger partial charge in [-0.25, -0.2) is 9.59 Å². The van der Waals surface area contributed by atoms with Crippen molar-refractivity contribution in [3.63, 3.8) is 0 Å². The number of carboxylic acid groups (broad SMARTS) is 1. The number of aromatic carboxylic acids is 1. The van der Waals surface area contributed by atoms with Crippen LogP contribution in [0.2, 0.25) is 0 Å². The highest BCUT2D eigenvalue weighted by molar-refractivity contribution is 5.93. The lowest BCUT2D eigenvalue weighted by Crippen LogP contribution is -2.23. The van der Waals surface area contributed by atoms with Gasteiger partial charge in [0.1, 0.15) is 5.75 Å². The first-order valence-electron chi connectivity index (χ1n) is 6.80. The molecule has 0 heterocycles. The second-order valence-electron chi connectivity index (χ2n) is 4.56. The van der Waals surface area contributed by atoms with Gasteiger partial charge in [-0.15, -0.1) is 0 Å². The third-order valence-corrected chi connectivity index (χ3v) is 2.98. The maximum absolute atomic E-state index is 11.8. The van der Waals surface area contributed by atoms with Gasteiger partial charge in [-0.1, -0.05) is 24.3 Å². The van der Waals surface area contributed by atoms with Crippen LogP contribution < -0.4 is 15.4 Å². The van der Waals surface area contributed by atoms with Crippen LogP contribution in [-0.2, 0) is 0 Å². The van der Waals surface area contributed by atoms with Gasteiger partial charge in [-0.05, 0) is 30.3 Å². The van der Waals surface area contributed by atoms with E-state index in [4.69, 9.17) is 9.84 Å². The van der Waals surface area contributed by atoms with Crippen molar-refractivity contribution in [1.82, 2.24) is 5.32 Å². The molecule has 2 amide bonds. The van der Waals surface area contributed by atoms with Crippen LogP contribution in [0.5, 0.6) is 5.75 Å². The van der Waals surface area contributed by atoms with Crippen LogP contribution >= 0.6 is 0 Å². The Morgan fingerprint density at radius 1 is 1.13 bits per heavy atom. The minimum Gasteiger partial charge on any atom is -0.496 e. The molecule has 118 valence electrons. The fourth-order valence-corrected chi connectivity index (χ4v) is 1.91. The van der Waals surface area contributed by atoms with E-state index in [1.165, 1.54) is 18.3 Å². The summed E-state index contributed by atoms with van der Waals surface area (Å²) in [5.41, 5.74) is 1.32. The standard InChI is InChI=1S/C17H16N2O4/c1-23-15-8-3-2-5-12(15)9-10-18-17(22)19-14-7-4-6-13(11-14)16(20)21/h2-11H,1H3,(H,20,21)(H2,18,19,22)/b10-9+. The Morgan fingerprint density at radius 2 is 1.91 bits per heavy atom. The van der Waals surface area contributed by atoms with Crippen molar-refractivity contribution in [1.29, 1.82) is 0 Å². The highest BCUT2D eigenvalue weighted by Crippen LogP contribution is 2.18. The fraction of sp³-hybridized carbons (Fsp3) is 0.0588. The Bertz CT molecular complexity index is 741. The Hall–Kier alpha value is -3.28. The number of benzene rings is 2. The summed E-state index contributed by atoms with van der Waals surface area (Å²) in [6, 6.07) is 12.9. The van der Waals surface area contributed by atoms with Crippen LogP contribution in [0.3, 0.4) is 0 Å². The number of hydrogen-bond donors (Lipinski definition) is 3. The van der Waals surface area contributed by atoms with Crippen molar-refractivity contribution in [2.45, 2.75) is 0 Å². The largest absolute Gasteiger partial charge is 0.496 e. The summed E-state index contributed by atoms with van der Waals surface area (Å²) >= 11 is 0. The normalized spacial score (nSPS) is 10.3. The van der Waals surface area contributed by atoms with Gasteiger partial charge in [0.2, 0.25) is 0 Å². The average Bonchev–Trinajstić information content (AvgIpc) is 2.55. The van der Waals surface area contributed by atoms with E-state index in [1.54, 1.807) is 25.3 Å². The van der Waals surface area contributed by atoms with E-state index in [-0.39, 0.29) is 5.56 Å². The summed E-state index contributed by atoms with van der Waals surface area (Å²) in [5, 5.41) is 14.0. The van der Waals surface area contributed by atoms with Crippen molar-refractivity contribution < 1.29 is 19.4 Å². The molecule has 2 aromatic carbocycles. The monoisotopic (exact) mass is 312 g/mol. The molecule has 0 aliphatic carbocycles. The van der Waals surface area contributed by atoms with Crippen molar-refractivity contribution in [2.24, 2.45) is 0 Å². The lowest BCUT2D eigenvalue weighted by molar-refractivity contribution is 0.0697. The summed E-state index contributed by atoms with van der Waals surface area (Å²) in [7, 11) is 1.57. The molecule has 0 saturated heterocycles. The van der Waals surface area contributed by atoms with E-state index in [0.717, 1.165) is 5.56 Å². The number of urea groups is 1. The molecule has 23 heavy (non-hydrogen) atoms. The first-order chi connectivity index (χ1) is 11.1. The van der Waals surface area contributed by atoms with E-state index in [0.29, 0.717) is 11.4 Å². The molecule has 0 bridgehead atoms. The highest BCUT2D eigenvalue weighted by Gasteiger charge is 2.05. The third kappa shape index (κ3) is 4.60. The number of nitrogens with one attached hydrogen (secondary N) is 2. The molecule has 0 aromatic heterocycles. The van der Waals surface area contributed by atoms with Gasteiger partial charge >= 0.3 is 12.0 Å². The van der Waals surface area contributed by atoms with Gasteiger partial charge in [0.15, 0.2) is 0 Å². The van der Waals surface area contributed by atoms with Gasteiger partial charge in [-0.2, -0.15) is 0 Å². The molecule has 0 spiro atoms. The molecule has 6 nitrogen and oxygen atoms in total. The first kappa shape index (κ1) is 16.1. The lowest BCUT2D eigenvalue weighted by Gasteiger charge is -2.06. The van der Waals surface area contributed by atoms with Crippen LogP contribution in [0.1, 0.15) is 15.9 Å². The Kier molecular flexibility index (Phi) is 5.35. The summed E-state index contributed by atoms with van der Waals surface area (Å²) in [6.07, 6.45) is 3.18. The number of carboxylic acids is 1. The fourth-order valence-electron chi connectivity index (χ4n) is 1.91. The molecule has 0 unspecified atom stereocenters. The molecule has 0 saturated carbocycles. The van der Waals surface area contributed by atoms with Crippen LogP contribution in [-0.4, -0.2) is 24.2 Å². The molecular formula is C17H16N2O4. The number of anilines is 1. The molecule has 0 fully saturated rings. The molecule has 0 radical (unpaired) electrons. The topological polar surface area (TPSA) is 87.7 Å². The van der Waals surface area contributed by atoms with Crippen LogP contribution in [0.4, 0.5) is 10.5 Å². The SMILES string of the molecule is COc1ccccc1/C=C/NC(=O)Nc1cccc(C(=O)O)c1. The Balaban J connectivity index is 1.96. The van der Waals surface area contributed by atoms with E-state index in [9.17, 15) is 9.59 Å². The quantitative estimate of drug-likeness (QED) is 0.791. The average molecular weight is 312 g/mol. The number of ether oxygens (including phenoxy) is 1. The molecule has 6 heteroatoms.